The summed E-state index contributed by atoms with van der Waals surface area (Å²) in [5.41, 5.74) is 2.86. The summed E-state index contributed by atoms with van der Waals surface area (Å²) in [7, 11) is 0. The first-order chi connectivity index (χ1) is 15.1. The van der Waals surface area contributed by atoms with E-state index in [9.17, 15) is 4.79 Å². The van der Waals surface area contributed by atoms with E-state index in [1.807, 2.05) is 49.1 Å². The highest BCUT2D eigenvalue weighted by Crippen LogP contribution is 2.29. The van der Waals surface area contributed by atoms with Crippen LogP contribution in [0, 0.1) is 0 Å². The minimum Gasteiger partial charge on any atom is -0.451 e. The van der Waals surface area contributed by atoms with E-state index < -0.39 is 0 Å². The van der Waals surface area contributed by atoms with Gasteiger partial charge in [0.15, 0.2) is 5.76 Å². The number of hydrogen-bond acceptors (Lipinski definition) is 4. The maximum Gasteiger partial charge on any atom is 0.289 e. The van der Waals surface area contributed by atoms with Crippen LogP contribution in [-0.2, 0) is 22.5 Å². The molecule has 31 heavy (non-hydrogen) atoms. The molecule has 0 spiro atoms. The molecule has 0 radical (unpaired) electrons. The van der Waals surface area contributed by atoms with Gasteiger partial charge in [-0.1, -0.05) is 48.5 Å². The number of nitrogens with zero attached hydrogens (tertiary/aromatic N) is 1. The number of hydrogen-bond donors (Lipinski definition) is 0. The summed E-state index contributed by atoms with van der Waals surface area (Å²) in [6, 6.07) is 18.2. The number of carbonyl (C=O) groups is 1. The number of likely N-dealkylation sites (tertiary alicyclic amines) is 1. The van der Waals surface area contributed by atoms with E-state index >= 15 is 0 Å². The van der Waals surface area contributed by atoms with Gasteiger partial charge in [-0.15, -0.1) is 0 Å². The second-order valence-corrected chi connectivity index (χ2v) is 8.36. The van der Waals surface area contributed by atoms with E-state index in [1.54, 1.807) is 0 Å². The zero-order valence-electron chi connectivity index (χ0n) is 18.4. The molecule has 1 aromatic heterocycles. The van der Waals surface area contributed by atoms with Crippen LogP contribution in [0.4, 0.5) is 0 Å². The lowest BCUT2D eigenvalue weighted by atomic mass is 10.1. The molecular weight excluding hydrogens is 390 g/mol. The summed E-state index contributed by atoms with van der Waals surface area (Å²) in [6.45, 7) is 6.42. The molecular formula is C26H31NO4. The Balaban J connectivity index is 1.36. The Morgan fingerprint density at radius 3 is 2.52 bits per heavy atom. The summed E-state index contributed by atoms with van der Waals surface area (Å²) < 4.78 is 17.9. The van der Waals surface area contributed by atoms with Crippen molar-refractivity contribution in [3.05, 3.63) is 71.5 Å². The Morgan fingerprint density at radius 2 is 1.77 bits per heavy atom. The summed E-state index contributed by atoms with van der Waals surface area (Å²) in [5.74, 6) is 0.353. The molecule has 2 aromatic carbocycles. The molecule has 1 fully saturated rings. The number of piperidine rings is 1. The van der Waals surface area contributed by atoms with Gasteiger partial charge in [-0.05, 0) is 44.7 Å². The highest BCUT2D eigenvalue weighted by atomic mass is 16.5. The topological polar surface area (TPSA) is 51.9 Å². The van der Waals surface area contributed by atoms with E-state index in [1.165, 1.54) is 5.56 Å². The standard InChI is InChI=1S/C26H31NO4/c1-19(2)30-18-23-22-10-6-7-11-24(22)31-25(23)26(28)27-15-12-21(13-16-27)29-17-14-20-8-4-3-5-9-20/h3-11,19,21H,12-18H2,1-2H3. The van der Waals surface area contributed by atoms with E-state index in [2.05, 4.69) is 24.3 Å². The van der Waals surface area contributed by atoms with Crippen molar-refractivity contribution in [1.82, 2.24) is 4.90 Å². The van der Waals surface area contributed by atoms with Crippen LogP contribution in [0.2, 0.25) is 0 Å². The molecule has 4 rings (SSSR count). The van der Waals surface area contributed by atoms with Crippen molar-refractivity contribution in [3.8, 4) is 0 Å². The molecule has 0 N–H and O–H groups in total. The van der Waals surface area contributed by atoms with E-state index in [0.717, 1.165) is 35.8 Å². The summed E-state index contributed by atoms with van der Waals surface area (Å²) in [6.07, 6.45) is 2.89. The SMILES string of the molecule is CC(C)OCc1c(C(=O)N2CCC(OCCc3ccccc3)CC2)oc2ccccc12. The second kappa shape index (κ2) is 10.1. The lowest BCUT2D eigenvalue weighted by Crippen LogP contribution is -2.41. The highest BCUT2D eigenvalue weighted by Gasteiger charge is 2.29. The lowest BCUT2D eigenvalue weighted by Gasteiger charge is -2.31. The number of rotatable bonds is 8. The van der Waals surface area contributed by atoms with Crippen molar-refractivity contribution in [3.63, 3.8) is 0 Å². The van der Waals surface area contributed by atoms with Gasteiger partial charge >= 0.3 is 0 Å². The number of benzene rings is 2. The molecule has 1 amide bonds. The molecule has 1 saturated heterocycles. The largest absolute Gasteiger partial charge is 0.451 e. The molecule has 0 bridgehead atoms. The highest BCUT2D eigenvalue weighted by molar-refractivity contribution is 5.99. The number of ether oxygens (including phenoxy) is 2. The number of fused-ring (bicyclic) bond motifs is 1. The third-order valence-corrected chi connectivity index (χ3v) is 5.77. The van der Waals surface area contributed by atoms with E-state index in [4.69, 9.17) is 13.9 Å². The maximum atomic E-state index is 13.3. The number of para-hydroxylation sites is 1. The number of carbonyl (C=O) groups excluding carboxylic acids is 1. The van der Waals surface area contributed by atoms with Gasteiger partial charge in [0.05, 0.1) is 25.4 Å². The fourth-order valence-electron chi connectivity index (χ4n) is 4.02. The van der Waals surface area contributed by atoms with Gasteiger partial charge in [0, 0.05) is 24.0 Å². The molecule has 0 unspecified atom stereocenters. The predicted octanol–water partition coefficient (Wildman–Crippen LogP) is 5.22. The second-order valence-electron chi connectivity index (χ2n) is 8.36. The van der Waals surface area contributed by atoms with Gasteiger partial charge in [0.2, 0.25) is 0 Å². The Labute approximate surface area is 183 Å². The molecule has 2 heterocycles. The fraction of sp³-hybridized carbons (Fsp3) is 0.423. The number of amides is 1. The fourth-order valence-corrected chi connectivity index (χ4v) is 4.02. The van der Waals surface area contributed by atoms with Gasteiger partial charge < -0.3 is 18.8 Å². The van der Waals surface area contributed by atoms with Crippen LogP contribution in [0.5, 0.6) is 0 Å². The molecule has 5 heteroatoms. The zero-order valence-corrected chi connectivity index (χ0v) is 18.4. The third-order valence-electron chi connectivity index (χ3n) is 5.77. The third kappa shape index (κ3) is 5.35. The van der Waals surface area contributed by atoms with Gasteiger partial charge in [0.25, 0.3) is 5.91 Å². The monoisotopic (exact) mass is 421 g/mol. The van der Waals surface area contributed by atoms with Crippen LogP contribution in [0.1, 0.15) is 48.4 Å². The molecule has 1 aliphatic heterocycles. The van der Waals surface area contributed by atoms with Crippen molar-refractivity contribution in [2.75, 3.05) is 19.7 Å². The number of furan rings is 1. The van der Waals surface area contributed by atoms with E-state index in [-0.39, 0.29) is 18.1 Å². The quantitative estimate of drug-likeness (QED) is 0.500. The molecule has 0 aliphatic carbocycles. The minimum atomic E-state index is -0.0544. The first kappa shape index (κ1) is 21.6. The first-order valence-corrected chi connectivity index (χ1v) is 11.2. The van der Waals surface area contributed by atoms with Crippen molar-refractivity contribution < 1.29 is 18.7 Å². The van der Waals surface area contributed by atoms with Crippen molar-refractivity contribution in [1.29, 1.82) is 0 Å². The van der Waals surface area contributed by atoms with Crippen LogP contribution in [0.15, 0.2) is 59.0 Å². The van der Waals surface area contributed by atoms with Crippen LogP contribution in [0.25, 0.3) is 11.0 Å². The van der Waals surface area contributed by atoms with Crippen molar-refractivity contribution in [2.45, 2.75) is 51.9 Å². The Bertz CT molecular complexity index is 987. The summed E-state index contributed by atoms with van der Waals surface area (Å²) in [5, 5.41) is 0.950. The van der Waals surface area contributed by atoms with Gasteiger partial charge in [-0.3, -0.25) is 4.79 Å². The summed E-state index contributed by atoms with van der Waals surface area (Å²) in [4.78, 5) is 15.2. The zero-order chi connectivity index (χ0) is 21.6. The molecule has 0 atom stereocenters. The van der Waals surface area contributed by atoms with Gasteiger partial charge in [-0.2, -0.15) is 0 Å². The van der Waals surface area contributed by atoms with Gasteiger partial charge in [0.1, 0.15) is 5.58 Å². The van der Waals surface area contributed by atoms with Crippen LogP contribution in [-0.4, -0.2) is 42.7 Å². The molecule has 3 aromatic rings. The molecule has 164 valence electrons. The van der Waals surface area contributed by atoms with Gasteiger partial charge in [-0.25, -0.2) is 0 Å². The Kier molecular flexibility index (Phi) is 7.05. The Morgan fingerprint density at radius 1 is 1.06 bits per heavy atom. The summed E-state index contributed by atoms with van der Waals surface area (Å²) >= 11 is 0. The maximum absolute atomic E-state index is 13.3. The Hall–Kier alpha value is -2.63. The molecule has 0 saturated carbocycles. The minimum absolute atomic E-state index is 0.0544. The van der Waals surface area contributed by atoms with Crippen LogP contribution in [0.3, 0.4) is 0 Å². The van der Waals surface area contributed by atoms with Crippen molar-refractivity contribution >= 4 is 16.9 Å². The van der Waals surface area contributed by atoms with Crippen LogP contribution >= 0.6 is 0 Å². The lowest BCUT2D eigenvalue weighted by molar-refractivity contribution is 0.00896. The normalized spacial score (nSPS) is 15.1. The molecule has 1 aliphatic rings. The average Bonchev–Trinajstić information content (AvgIpc) is 3.17. The smallest absolute Gasteiger partial charge is 0.289 e. The molecule has 5 nitrogen and oxygen atoms in total. The van der Waals surface area contributed by atoms with E-state index in [0.29, 0.717) is 32.1 Å². The van der Waals surface area contributed by atoms with Crippen LogP contribution < -0.4 is 0 Å². The first-order valence-electron chi connectivity index (χ1n) is 11.2. The average molecular weight is 422 g/mol. The van der Waals surface area contributed by atoms with Crippen molar-refractivity contribution in [2.24, 2.45) is 0 Å². The predicted molar refractivity (Wildman–Crippen MR) is 121 cm³/mol.